The average Bonchev–Trinajstić information content (AvgIpc) is 3.09. The summed E-state index contributed by atoms with van der Waals surface area (Å²) in [4.78, 5) is 5.13. The van der Waals surface area contributed by atoms with Crippen molar-refractivity contribution >= 4 is 63.0 Å². The SMILES string of the molecule is Oc1c(/C=C2\C=Nc3ccc(Br)cc32)sc(=S)n1-c1ccccc1. The molecule has 0 radical (unpaired) electrons. The summed E-state index contributed by atoms with van der Waals surface area (Å²) in [5.74, 6) is 0.153. The second-order valence-electron chi connectivity index (χ2n) is 5.25. The summed E-state index contributed by atoms with van der Waals surface area (Å²) in [6.45, 7) is 0. The van der Waals surface area contributed by atoms with Crippen molar-refractivity contribution in [2.24, 2.45) is 4.99 Å². The first-order valence-corrected chi connectivity index (χ1v) is 9.21. The highest BCUT2D eigenvalue weighted by atomic mass is 79.9. The second kappa shape index (κ2) is 6.12. The maximum atomic E-state index is 10.6. The van der Waals surface area contributed by atoms with E-state index in [0.29, 0.717) is 3.95 Å². The van der Waals surface area contributed by atoms with E-state index < -0.39 is 0 Å². The van der Waals surface area contributed by atoms with Crippen molar-refractivity contribution in [1.82, 2.24) is 4.57 Å². The van der Waals surface area contributed by atoms with E-state index in [4.69, 9.17) is 12.2 Å². The van der Waals surface area contributed by atoms with Crippen LogP contribution in [0.15, 0.2) is 58.0 Å². The first-order chi connectivity index (χ1) is 11.6. The van der Waals surface area contributed by atoms with Crippen molar-refractivity contribution < 1.29 is 5.11 Å². The minimum atomic E-state index is 0.153. The van der Waals surface area contributed by atoms with Crippen LogP contribution in [0.3, 0.4) is 0 Å². The molecule has 0 spiro atoms. The Bertz CT molecular complexity index is 1050. The molecule has 118 valence electrons. The zero-order valence-electron chi connectivity index (χ0n) is 12.3. The van der Waals surface area contributed by atoms with Crippen molar-refractivity contribution in [3.63, 3.8) is 0 Å². The molecule has 4 rings (SSSR count). The average molecular weight is 415 g/mol. The molecule has 0 unspecified atom stereocenters. The summed E-state index contributed by atoms with van der Waals surface area (Å²) in [5.41, 5.74) is 3.77. The number of nitrogens with zero attached hydrogens (tertiary/aromatic N) is 2. The molecule has 0 atom stereocenters. The summed E-state index contributed by atoms with van der Waals surface area (Å²) in [6.07, 6.45) is 3.74. The molecule has 3 aromatic rings. The van der Waals surface area contributed by atoms with E-state index in [1.165, 1.54) is 11.3 Å². The molecule has 3 nitrogen and oxygen atoms in total. The third-order valence-corrected chi connectivity index (χ3v) is 5.53. The Morgan fingerprint density at radius 1 is 1.17 bits per heavy atom. The van der Waals surface area contributed by atoms with Gasteiger partial charge in [0.2, 0.25) is 5.88 Å². The molecule has 0 saturated heterocycles. The first-order valence-electron chi connectivity index (χ1n) is 7.19. The van der Waals surface area contributed by atoms with Crippen LogP contribution in [-0.2, 0) is 0 Å². The van der Waals surface area contributed by atoms with Gasteiger partial charge in [-0.1, -0.05) is 34.1 Å². The molecule has 0 amide bonds. The van der Waals surface area contributed by atoms with Crippen LogP contribution in [0.1, 0.15) is 10.4 Å². The van der Waals surface area contributed by atoms with Gasteiger partial charge in [0.15, 0.2) is 3.95 Å². The van der Waals surface area contributed by atoms with Gasteiger partial charge in [0.05, 0.1) is 16.3 Å². The number of hydrogen-bond acceptors (Lipinski definition) is 4. The van der Waals surface area contributed by atoms with Gasteiger partial charge < -0.3 is 5.11 Å². The zero-order valence-corrected chi connectivity index (χ0v) is 15.5. The quantitative estimate of drug-likeness (QED) is 0.522. The fraction of sp³-hybridized carbons (Fsp3) is 0. The maximum Gasteiger partial charge on any atom is 0.215 e. The molecule has 0 saturated carbocycles. The molecular weight excluding hydrogens is 404 g/mol. The van der Waals surface area contributed by atoms with E-state index in [2.05, 4.69) is 20.9 Å². The molecule has 2 heterocycles. The van der Waals surface area contributed by atoms with Crippen LogP contribution in [0.25, 0.3) is 17.3 Å². The van der Waals surface area contributed by atoms with E-state index in [1.807, 2.05) is 60.8 Å². The van der Waals surface area contributed by atoms with Gasteiger partial charge in [-0.05, 0) is 48.6 Å². The van der Waals surface area contributed by atoms with Crippen LogP contribution in [0.4, 0.5) is 5.69 Å². The van der Waals surface area contributed by atoms with Gasteiger partial charge in [-0.2, -0.15) is 0 Å². The van der Waals surface area contributed by atoms with Crippen LogP contribution in [-0.4, -0.2) is 15.9 Å². The summed E-state index contributed by atoms with van der Waals surface area (Å²) in [5, 5.41) is 10.6. The maximum absolute atomic E-state index is 10.6. The largest absolute Gasteiger partial charge is 0.493 e. The number of aromatic hydroxyl groups is 1. The molecule has 0 aliphatic carbocycles. The number of benzene rings is 2. The van der Waals surface area contributed by atoms with Crippen molar-refractivity contribution in [3.8, 4) is 11.6 Å². The van der Waals surface area contributed by atoms with Crippen molar-refractivity contribution in [2.75, 3.05) is 0 Å². The Morgan fingerprint density at radius 3 is 2.75 bits per heavy atom. The Balaban J connectivity index is 1.83. The molecule has 24 heavy (non-hydrogen) atoms. The molecule has 2 aromatic carbocycles. The Morgan fingerprint density at radius 2 is 1.96 bits per heavy atom. The number of aliphatic imine (C=N–C) groups is 1. The third-order valence-electron chi connectivity index (χ3n) is 3.73. The summed E-state index contributed by atoms with van der Waals surface area (Å²) in [7, 11) is 0. The van der Waals surface area contributed by atoms with Gasteiger partial charge in [-0.15, -0.1) is 11.3 Å². The standard InChI is InChI=1S/C18H11BrN2OS2/c19-12-6-7-15-14(9-12)11(10-20-15)8-16-17(22)21(18(23)24-16)13-4-2-1-3-5-13/h1-10,22H/b11-8+. The molecule has 1 aliphatic heterocycles. The van der Waals surface area contributed by atoms with Crippen LogP contribution >= 0.6 is 39.5 Å². The summed E-state index contributed by atoms with van der Waals surface area (Å²) >= 11 is 10.3. The number of para-hydroxylation sites is 1. The Hall–Kier alpha value is -2.02. The van der Waals surface area contributed by atoms with Gasteiger partial charge >= 0.3 is 0 Å². The number of allylic oxidation sites excluding steroid dienone is 1. The normalized spacial score (nSPS) is 14.3. The molecule has 0 fully saturated rings. The number of halogens is 1. The highest BCUT2D eigenvalue weighted by Gasteiger charge is 2.16. The van der Waals surface area contributed by atoms with E-state index in [0.717, 1.165) is 31.9 Å². The number of hydrogen-bond donors (Lipinski definition) is 1. The summed E-state index contributed by atoms with van der Waals surface area (Å²) < 4.78 is 3.28. The minimum Gasteiger partial charge on any atom is -0.493 e. The number of fused-ring (bicyclic) bond motifs is 1. The van der Waals surface area contributed by atoms with E-state index in [-0.39, 0.29) is 5.88 Å². The molecule has 1 aliphatic rings. The van der Waals surface area contributed by atoms with Crippen LogP contribution in [0.5, 0.6) is 5.88 Å². The van der Waals surface area contributed by atoms with E-state index in [9.17, 15) is 5.11 Å². The lowest BCUT2D eigenvalue weighted by Crippen LogP contribution is -1.92. The second-order valence-corrected chi connectivity index (χ2v) is 7.84. The fourth-order valence-corrected chi connectivity index (χ4v) is 4.26. The molecule has 1 N–H and O–H groups in total. The molecular formula is C18H11BrN2OS2. The van der Waals surface area contributed by atoms with Gasteiger partial charge in [-0.3, -0.25) is 9.56 Å². The van der Waals surface area contributed by atoms with Crippen LogP contribution < -0.4 is 0 Å². The van der Waals surface area contributed by atoms with Crippen molar-refractivity contribution in [1.29, 1.82) is 0 Å². The van der Waals surface area contributed by atoms with E-state index >= 15 is 0 Å². The van der Waals surface area contributed by atoms with Gasteiger partial charge in [-0.25, -0.2) is 0 Å². The van der Waals surface area contributed by atoms with Gasteiger partial charge in [0.25, 0.3) is 0 Å². The monoisotopic (exact) mass is 414 g/mol. The smallest absolute Gasteiger partial charge is 0.215 e. The number of rotatable bonds is 2. The minimum absolute atomic E-state index is 0.153. The Kier molecular flexibility index (Phi) is 3.96. The molecule has 6 heteroatoms. The predicted octanol–water partition coefficient (Wildman–Crippen LogP) is 5.99. The number of aromatic nitrogens is 1. The van der Waals surface area contributed by atoms with Crippen LogP contribution in [0, 0.1) is 3.95 Å². The number of thiazole rings is 1. The lowest BCUT2D eigenvalue weighted by Gasteiger charge is -2.04. The highest BCUT2D eigenvalue weighted by Crippen LogP contribution is 2.38. The van der Waals surface area contributed by atoms with Crippen LogP contribution in [0.2, 0.25) is 0 Å². The first kappa shape index (κ1) is 15.5. The lowest BCUT2D eigenvalue weighted by atomic mass is 10.1. The van der Waals surface area contributed by atoms with Crippen molar-refractivity contribution in [3.05, 3.63) is 67.4 Å². The van der Waals surface area contributed by atoms with Gasteiger partial charge in [0.1, 0.15) is 0 Å². The lowest BCUT2D eigenvalue weighted by molar-refractivity contribution is 0.441. The highest BCUT2D eigenvalue weighted by molar-refractivity contribution is 9.10. The third kappa shape index (κ3) is 2.66. The summed E-state index contributed by atoms with van der Waals surface area (Å²) in [6, 6.07) is 15.6. The zero-order chi connectivity index (χ0) is 16.7. The van der Waals surface area contributed by atoms with Crippen molar-refractivity contribution in [2.45, 2.75) is 0 Å². The predicted molar refractivity (Wildman–Crippen MR) is 106 cm³/mol. The Labute approximate surface area is 156 Å². The fourth-order valence-electron chi connectivity index (χ4n) is 2.60. The van der Waals surface area contributed by atoms with E-state index in [1.54, 1.807) is 4.57 Å². The molecule has 1 aromatic heterocycles. The van der Waals surface area contributed by atoms with Gasteiger partial charge in [0, 0.05) is 21.8 Å². The topological polar surface area (TPSA) is 37.5 Å². The molecule has 0 bridgehead atoms.